The third-order valence-electron chi connectivity index (χ3n) is 4.34. The fourth-order valence-electron chi connectivity index (χ4n) is 3.30. The van der Waals surface area contributed by atoms with Crippen molar-refractivity contribution in [2.45, 2.75) is 58.2 Å². The molecule has 0 N–H and O–H groups in total. The van der Waals surface area contributed by atoms with Gasteiger partial charge in [0.05, 0.1) is 7.11 Å². The van der Waals surface area contributed by atoms with E-state index in [0.717, 1.165) is 0 Å². The van der Waals surface area contributed by atoms with E-state index >= 15 is 0 Å². The zero-order valence-electron chi connectivity index (χ0n) is 14.7. The summed E-state index contributed by atoms with van der Waals surface area (Å²) in [6.45, 7) is 16.7. The van der Waals surface area contributed by atoms with Crippen LogP contribution in [0.15, 0.2) is 18.7 Å². The molecule has 0 amide bonds. The maximum absolute atomic E-state index is 14.4. The molecule has 0 aliphatic heterocycles. The zero-order valence-corrected chi connectivity index (χ0v) is 15.7. The Hall–Kier alpha value is -1.36. The molecule has 0 bridgehead atoms. The Bertz CT molecular complexity index is 508. The molecule has 0 radical (unpaired) electrons. The predicted molar refractivity (Wildman–Crippen MR) is 91.9 cm³/mol. The van der Waals surface area contributed by atoms with Crippen molar-refractivity contribution in [1.29, 1.82) is 0 Å². The number of ether oxygens (including phenoxy) is 1. The first kappa shape index (κ1) is 18.7. The van der Waals surface area contributed by atoms with Crippen LogP contribution in [0.1, 0.15) is 47.2 Å². The normalized spacial score (nSPS) is 12.1. The molecule has 124 valence electrons. The maximum Gasteiger partial charge on any atom is 0.258 e. The Kier molecular flexibility index (Phi) is 6.17. The van der Waals surface area contributed by atoms with Crippen LogP contribution in [0.5, 0.6) is 5.75 Å². The molecule has 0 spiro atoms. The monoisotopic (exact) mass is 325 g/mol. The minimum Gasteiger partial charge on any atom is -0.540 e. The molecule has 1 rings (SSSR count). The molecule has 0 aromatic carbocycles. The molecule has 5 heteroatoms. The largest absolute Gasteiger partial charge is 0.540 e. The van der Waals surface area contributed by atoms with Gasteiger partial charge >= 0.3 is 0 Å². The highest BCUT2D eigenvalue weighted by molar-refractivity contribution is 6.78. The van der Waals surface area contributed by atoms with E-state index in [0.29, 0.717) is 28.1 Å². The van der Waals surface area contributed by atoms with E-state index in [1.54, 1.807) is 12.1 Å². The van der Waals surface area contributed by atoms with Gasteiger partial charge in [0.1, 0.15) is 11.5 Å². The number of hydrogen-bond donors (Lipinski definition) is 0. The molecule has 0 saturated heterocycles. The average Bonchev–Trinajstić information content (AvgIpc) is 2.43. The molecular formula is C17H28FNO2Si. The number of rotatable bonds is 7. The second-order valence-electron chi connectivity index (χ2n) is 6.53. The first-order valence-electron chi connectivity index (χ1n) is 7.75. The maximum atomic E-state index is 14.4. The third-order valence-corrected chi connectivity index (χ3v) is 10.3. The lowest BCUT2D eigenvalue weighted by atomic mass is 10.3. The fourth-order valence-corrected chi connectivity index (χ4v) is 8.54. The summed E-state index contributed by atoms with van der Waals surface area (Å²) >= 11 is 0. The molecule has 0 aliphatic rings. The average molecular weight is 326 g/mol. The lowest BCUT2D eigenvalue weighted by Crippen LogP contribution is -2.50. The number of halogens is 1. The highest BCUT2D eigenvalue weighted by atomic mass is 28.4. The molecule has 0 fully saturated rings. The first-order valence-corrected chi connectivity index (χ1v) is 9.89. The summed E-state index contributed by atoms with van der Waals surface area (Å²) < 4.78 is 25.7. The smallest absolute Gasteiger partial charge is 0.258 e. The summed E-state index contributed by atoms with van der Waals surface area (Å²) in [4.78, 5) is 3.91. The topological polar surface area (TPSA) is 31.4 Å². The quantitative estimate of drug-likeness (QED) is 0.382. The Morgan fingerprint density at radius 1 is 1.09 bits per heavy atom. The summed E-state index contributed by atoms with van der Waals surface area (Å²) in [5.41, 5.74) is 1.51. The van der Waals surface area contributed by atoms with Crippen molar-refractivity contribution < 1.29 is 13.6 Å². The van der Waals surface area contributed by atoms with E-state index < -0.39 is 14.3 Å². The van der Waals surface area contributed by atoms with Crippen LogP contribution in [0.2, 0.25) is 16.6 Å². The Balaban J connectivity index is 3.22. The van der Waals surface area contributed by atoms with Crippen molar-refractivity contribution in [2.24, 2.45) is 0 Å². The SMILES string of the molecule is C=C(OC)c1ccc(O[Si](C(C)C)(C(C)C)C(C)C)c(F)n1. The molecule has 22 heavy (non-hydrogen) atoms. The van der Waals surface area contributed by atoms with Gasteiger partial charge in [-0.15, -0.1) is 0 Å². The molecule has 0 unspecified atom stereocenters. The molecule has 1 aromatic heterocycles. The summed E-state index contributed by atoms with van der Waals surface area (Å²) in [6, 6.07) is 3.32. The third kappa shape index (κ3) is 3.51. The van der Waals surface area contributed by atoms with Crippen LogP contribution in [-0.4, -0.2) is 20.4 Å². The fraction of sp³-hybridized carbons (Fsp3) is 0.588. The summed E-state index contributed by atoms with van der Waals surface area (Å²) in [7, 11) is -0.700. The van der Waals surface area contributed by atoms with E-state index in [4.69, 9.17) is 9.16 Å². The Labute approximate surface area is 134 Å². The highest BCUT2D eigenvalue weighted by Crippen LogP contribution is 2.43. The number of pyridine rings is 1. The molecule has 1 heterocycles. The first-order chi connectivity index (χ1) is 10.2. The van der Waals surface area contributed by atoms with E-state index in [9.17, 15) is 4.39 Å². The minimum atomic E-state index is -2.19. The van der Waals surface area contributed by atoms with E-state index in [1.807, 2.05) is 0 Å². The Morgan fingerprint density at radius 2 is 1.59 bits per heavy atom. The van der Waals surface area contributed by atoms with Crippen LogP contribution in [-0.2, 0) is 4.74 Å². The van der Waals surface area contributed by atoms with Crippen LogP contribution >= 0.6 is 0 Å². The summed E-state index contributed by atoms with van der Waals surface area (Å²) in [6.07, 6.45) is 0. The number of hydrogen-bond acceptors (Lipinski definition) is 3. The number of methoxy groups -OCH3 is 1. The van der Waals surface area contributed by atoms with Gasteiger partial charge in [-0.05, 0) is 28.8 Å². The van der Waals surface area contributed by atoms with Crippen molar-refractivity contribution in [1.82, 2.24) is 4.98 Å². The van der Waals surface area contributed by atoms with Crippen molar-refractivity contribution in [2.75, 3.05) is 7.11 Å². The molecule has 0 saturated carbocycles. The molecule has 1 aromatic rings. The lowest BCUT2D eigenvalue weighted by molar-refractivity contribution is 0.367. The van der Waals surface area contributed by atoms with E-state index in [2.05, 4.69) is 53.1 Å². The van der Waals surface area contributed by atoms with Crippen LogP contribution in [0, 0.1) is 5.95 Å². The van der Waals surface area contributed by atoms with E-state index in [-0.39, 0.29) is 5.75 Å². The summed E-state index contributed by atoms with van der Waals surface area (Å²) in [5, 5.41) is 0. The summed E-state index contributed by atoms with van der Waals surface area (Å²) in [5.74, 6) is -0.0320. The van der Waals surface area contributed by atoms with Gasteiger partial charge in [-0.25, -0.2) is 4.98 Å². The molecule has 3 nitrogen and oxygen atoms in total. The van der Waals surface area contributed by atoms with Crippen LogP contribution in [0.4, 0.5) is 4.39 Å². The van der Waals surface area contributed by atoms with Gasteiger partial charge in [-0.2, -0.15) is 4.39 Å². The highest BCUT2D eigenvalue weighted by Gasteiger charge is 2.47. The van der Waals surface area contributed by atoms with Gasteiger partial charge in [0, 0.05) is 0 Å². The van der Waals surface area contributed by atoms with Crippen molar-refractivity contribution in [3.63, 3.8) is 0 Å². The van der Waals surface area contributed by atoms with Gasteiger partial charge < -0.3 is 9.16 Å². The van der Waals surface area contributed by atoms with Gasteiger partial charge in [-0.3, -0.25) is 0 Å². The molecule has 0 aliphatic carbocycles. The second-order valence-corrected chi connectivity index (χ2v) is 11.9. The van der Waals surface area contributed by atoms with Gasteiger partial charge in [-0.1, -0.05) is 48.1 Å². The van der Waals surface area contributed by atoms with Gasteiger partial charge in [0.25, 0.3) is 14.3 Å². The van der Waals surface area contributed by atoms with Crippen LogP contribution in [0.3, 0.4) is 0 Å². The van der Waals surface area contributed by atoms with E-state index in [1.165, 1.54) is 7.11 Å². The number of aromatic nitrogens is 1. The standard InChI is InChI=1S/C17H28FNO2Si/c1-11(2)22(12(3)4,13(5)6)21-16-10-9-15(14(7)20-8)19-17(16)18/h9-13H,7H2,1-6,8H3. The molecule has 0 atom stereocenters. The van der Waals surface area contributed by atoms with Crippen molar-refractivity contribution in [3.8, 4) is 5.75 Å². The lowest BCUT2D eigenvalue weighted by Gasteiger charge is -2.42. The second kappa shape index (κ2) is 7.27. The van der Waals surface area contributed by atoms with Gasteiger partial charge in [0.2, 0.25) is 0 Å². The number of nitrogens with zero attached hydrogens (tertiary/aromatic N) is 1. The van der Waals surface area contributed by atoms with Crippen molar-refractivity contribution in [3.05, 3.63) is 30.4 Å². The van der Waals surface area contributed by atoms with Gasteiger partial charge in [0.15, 0.2) is 5.75 Å². The zero-order chi connectivity index (χ0) is 17.1. The Morgan fingerprint density at radius 3 is 1.95 bits per heavy atom. The van der Waals surface area contributed by atoms with Crippen LogP contribution < -0.4 is 4.43 Å². The predicted octanol–water partition coefficient (Wildman–Crippen LogP) is 5.39. The molecular weight excluding hydrogens is 297 g/mol. The van der Waals surface area contributed by atoms with Crippen LogP contribution in [0.25, 0.3) is 5.76 Å². The minimum absolute atomic E-state index is 0.232. The van der Waals surface area contributed by atoms with Crippen molar-refractivity contribution >= 4 is 14.1 Å².